The van der Waals surface area contributed by atoms with E-state index in [4.69, 9.17) is 4.99 Å². The van der Waals surface area contributed by atoms with Crippen LogP contribution in [-0.2, 0) is 19.0 Å². The third-order valence-corrected chi connectivity index (χ3v) is 6.11. The molecule has 1 aromatic heterocycles. The number of aliphatic imine (C=N–C) groups is 1. The monoisotopic (exact) mass is 548 g/mol. The molecular formula is C24H30FIN6. The van der Waals surface area contributed by atoms with Gasteiger partial charge in [-0.15, -0.1) is 34.2 Å². The zero-order valence-corrected chi connectivity index (χ0v) is 21.0. The van der Waals surface area contributed by atoms with Crippen LogP contribution in [0.25, 0.3) is 0 Å². The fraction of sp³-hybridized carbons (Fsp3) is 0.375. The standard InChI is InChI=1S/C24H29FN6.HI/c1-17(19-9-5-4-6-10-19)28-23(26-15-22-30-29-18(2)31(22)3)27-16-24(13-14-24)20-11-7-8-12-21(20)25;/h4-12,17H,13-16H2,1-3H3,(H2,26,27,28);1H. The van der Waals surface area contributed by atoms with E-state index >= 15 is 0 Å². The predicted octanol–water partition coefficient (Wildman–Crippen LogP) is 4.41. The molecule has 1 atom stereocenters. The van der Waals surface area contributed by atoms with Crippen LogP contribution in [0, 0.1) is 12.7 Å². The normalized spacial score (nSPS) is 15.6. The smallest absolute Gasteiger partial charge is 0.192 e. The molecule has 3 aromatic rings. The van der Waals surface area contributed by atoms with Gasteiger partial charge in [-0.05, 0) is 43.9 Å². The number of guanidine groups is 1. The summed E-state index contributed by atoms with van der Waals surface area (Å²) < 4.78 is 16.3. The Morgan fingerprint density at radius 3 is 2.44 bits per heavy atom. The molecule has 32 heavy (non-hydrogen) atoms. The zero-order chi connectivity index (χ0) is 21.8. The van der Waals surface area contributed by atoms with E-state index in [2.05, 4.69) is 39.9 Å². The second kappa shape index (κ2) is 10.4. The Bertz CT molecular complexity index is 1060. The first kappa shape index (κ1) is 24.2. The highest BCUT2D eigenvalue weighted by Crippen LogP contribution is 2.48. The molecule has 1 saturated carbocycles. The Morgan fingerprint density at radius 1 is 1.12 bits per heavy atom. The third kappa shape index (κ3) is 5.46. The summed E-state index contributed by atoms with van der Waals surface area (Å²) in [5, 5.41) is 15.3. The first-order valence-corrected chi connectivity index (χ1v) is 10.7. The van der Waals surface area contributed by atoms with Crippen LogP contribution in [-0.4, -0.2) is 27.3 Å². The van der Waals surface area contributed by atoms with Crippen molar-refractivity contribution in [3.05, 3.63) is 83.2 Å². The van der Waals surface area contributed by atoms with Crippen LogP contribution in [0.4, 0.5) is 4.39 Å². The largest absolute Gasteiger partial charge is 0.355 e. The summed E-state index contributed by atoms with van der Waals surface area (Å²) in [6.07, 6.45) is 1.93. The Balaban J connectivity index is 0.00000289. The van der Waals surface area contributed by atoms with Gasteiger partial charge in [0.25, 0.3) is 0 Å². The van der Waals surface area contributed by atoms with Crippen LogP contribution in [0.15, 0.2) is 59.6 Å². The Kier molecular flexibility index (Phi) is 7.86. The van der Waals surface area contributed by atoms with E-state index in [1.54, 1.807) is 6.07 Å². The summed E-state index contributed by atoms with van der Waals surface area (Å²) in [5.74, 6) is 2.18. The van der Waals surface area contributed by atoms with Crippen molar-refractivity contribution in [1.82, 2.24) is 25.4 Å². The topological polar surface area (TPSA) is 67.1 Å². The lowest BCUT2D eigenvalue weighted by Crippen LogP contribution is -2.42. The summed E-state index contributed by atoms with van der Waals surface area (Å²) in [5.41, 5.74) is 1.77. The number of hydrogen-bond donors (Lipinski definition) is 2. The van der Waals surface area contributed by atoms with Crippen molar-refractivity contribution in [2.24, 2.45) is 12.0 Å². The fourth-order valence-corrected chi connectivity index (χ4v) is 3.76. The first-order valence-electron chi connectivity index (χ1n) is 10.7. The van der Waals surface area contributed by atoms with Crippen molar-refractivity contribution < 1.29 is 4.39 Å². The molecule has 0 saturated heterocycles. The van der Waals surface area contributed by atoms with Crippen molar-refractivity contribution in [3.8, 4) is 0 Å². The van der Waals surface area contributed by atoms with Gasteiger partial charge in [-0.2, -0.15) is 0 Å². The van der Waals surface area contributed by atoms with Crippen LogP contribution in [0.2, 0.25) is 0 Å². The Morgan fingerprint density at radius 2 is 1.81 bits per heavy atom. The number of aromatic nitrogens is 3. The van der Waals surface area contributed by atoms with E-state index in [9.17, 15) is 4.39 Å². The number of rotatable bonds is 7. The summed E-state index contributed by atoms with van der Waals surface area (Å²) in [6.45, 7) is 5.04. The van der Waals surface area contributed by atoms with E-state index < -0.39 is 0 Å². The summed E-state index contributed by atoms with van der Waals surface area (Å²) in [6, 6.07) is 17.4. The molecule has 170 valence electrons. The molecule has 0 amide bonds. The molecule has 1 heterocycles. The zero-order valence-electron chi connectivity index (χ0n) is 18.7. The van der Waals surface area contributed by atoms with Gasteiger partial charge in [0.1, 0.15) is 18.2 Å². The average molecular weight is 548 g/mol. The lowest BCUT2D eigenvalue weighted by molar-refractivity contribution is 0.556. The van der Waals surface area contributed by atoms with Gasteiger partial charge in [0.2, 0.25) is 0 Å². The van der Waals surface area contributed by atoms with Gasteiger partial charge in [0, 0.05) is 19.0 Å². The van der Waals surface area contributed by atoms with Crippen LogP contribution >= 0.6 is 24.0 Å². The average Bonchev–Trinajstić information content (AvgIpc) is 3.51. The second-order valence-electron chi connectivity index (χ2n) is 8.28. The van der Waals surface area contributed by atoms with E-state index in [0.717, 1.165) is 30.1 Å². The number of aryl methyl sites for hydroxylation is 1. The highest BCUT2D eigenvalue weighted by molar-refractivity contribution is 14.0. The van der Waals surface area contributed by atoms with Gasteiger partial charge < -0.3 is 15.2 Å². The highest BCUT2D eigenvalue weighted by Gasteiger charge is 2.45. The maximum atomic E-state index is 14.4. The molecule has 6 nitrogen and oxygen atoms in total. The van der Waals surface area contributed by atoms with Crippen molar-refractivity contribution in [2.75, 3.05) is 6.54 Å². The molecule has 1 aliphatic rings. The molecule has 1 aliphatic carbocycles. The lowest BCUT2D eigenvalue weighted by atomic mass is 9.95. The van der Waals surface area contributed by atoms with Crippen LogP contribution in [0.3, 0.4) is 0 Å². The Labute approximate surface area is 205 Å². The molecule has 0 radical (unpaired) electrons. The Hall–Kier alpha value is -2.49. The summed E-state index contributed by atoms with van der Waals surface area (Å²) >= 11 is 0. The van der Waals surface area contributed by atoms with Gasteiger partial charge in [-0.1, -0.05) is 48.5 Å². The van der Waals surface area contributed by atoms with Gasteiger partial charge in [-0.3, -0.25) is 0 Å². The highest BCUT2D eigenvalue weighted by atomic mass is 127. The SMILES string of the molecule is Cc1nnc(CN=C(NCC2(c3ccccc3F)CC2)NC(C)c2ccccc2)n1C.I. The minimum atomic E-state index is -0.175. The molecule has 2 N–H and O–H groups in total. The fourth-order valence-electron chi connectivity index (χ4n) is 3.76. The molecule has 8 heteroatoms. The lowest BCUT2D eigenvalue weighted by Gasteiger charge is -2.22. The van der Waals surface area contributed by atoms with Crippen LogP contribution in [0.1, 0.15) is 48.6 Å². The van der Waals surface area contributed by atoms with E-state index in [1.807, 2.05) is 48.9 Å². The van der Waals surface area contributed by atoms with Crippen molar-refractivity contribution >= 4 is 29.9 Å². The van der Waals surface area contributed by atoms with Crippen molar-refractivity contribution in [3.63, 3.8) is 0 Å². The first-order chi connectivity index (χ1) is 15.0. The number of nitrogens with one attached hydrogen (secondary N) is 2. The van der Waals surface area contributed by atoms with E-state index in [1.165, 1.54) is 11.6 Å². The van der Waals surface area contributed by atoms with E-state index in [-0.39, 0.29) is 41.3 Å². The van der Waals surface area contributed by atoms with E-state index in [0.29, 0.717) is 19.0 Å². The van der Waals surface area contributed by atoms with Gasteiger partial charge in [0.05, 0.1) is 6.04 Å². The van der Waals surface area contributed by atoms with Gasteiger partial charge in [-0.25, -0.2) is 9.38 Å². The number of benzene rings is 2. The van der Waals surface area contributed by atoms with Gasteiger partial charge >= 0.3 is 0 Å². The molecule has 1 unspecified atom stereocenters. The molecular weight excluding hydrogens is 518 g/mol. The number of nitrogens with zero attached hydrogens (tertiary/aromatic N) is 4. The predicted molar refractivity (Wildman–Crippen MR) is 136 cm³/mol. The van der Waals surface area contributed by atoms with Crippen molar-refractivity contribution in [1.29, 1.82) is 0 Å². The molecule has 0 bridgehead atoms. The quantitative estimate of drug-likeness (QED) is 0.261. The maximum Gasteiger partial charge on any atom is 0.192 e. The van der Waals surface area contributed by atoms with Gasteiger partial charge in [0.15, 0.2) is 11.8 Å². The minimum Gasteiger partial charge on any atom is -0.355 e. The summed E-state index contributed by atoms with van der Waals surface area (Å²) in [4.78, 5) is 4.76. The number of hydrogen-bond acceptors (Lipinski definition) is 3. The second-order valence-corrected chi connectivity index (χ2v) is 8.28. The van der Waals surface area contributed by atoms with Crippen LogP contribution < -0.4 is 10.6 Å². The molecule has 0 aliphatic heterocycles. The van der Waals surface area contributed by atoms with Crippen molar-refractivity contribution in [2.45, 2.75) is 44.7 Å². The summed E-state index contributed by atoms with van der Waals surface area (Å²) in [7, 11) is 1.94. The maximum absolute atomic E-state index is 14.4. The minimum absolute atomic E-state index is 0. The van der Waals surface area contributed by atoms with Crippen LogP contribution in [0.5, 0.6) is 0 Å². The molecule has 1 fully saturated rings. The molecule has 2 aromatic carbocycles. The molecule has 4 rings (SSSR count). The third-order valence-electron chi connectivity index (χ3n) is 6.11. The molecule has 0 spiro atoms. The number of halogens is 2.